The number of thioether (sulfide) groups is 1. The summed E-state index contributed by atoms with van der Waals surface area (Å²) in [6.07, 6.45) is 1.74. The maximum absolute atomic E-state index is 12.9. The Balaban J connectivity index is 1.44. The quantitative estimate of drug-likeness (QED) is 0.677. The summed E-state index contributed by atoms with van der Waals surface area (Å²) in [7, 11) is 0. The van der Waals surface area contributed by atoms with Crippen molar-refractivity contribution in [2.75, 3.05) is 32.9 Å². The highest BCUT2D eigenvalue weighted by molar-refractivity contribution is 8.26. The molecule has 9 nitrogen and oxygen atoms in total. The number of hydrogen-bond donors (Lipinski definition) is 1. The monoisotopic (exact) mass is 478 g/mol. The molecule has 0 radical (unpaired) electrons. The molecular weight excluding hydrogens is 452 g/mol. The van der Waals surface area contributed by atoms with Gasteiger partial charge in [0, 0.05) is 30.2 Å². The van der Waals surface area contributed by atoms with E-state index >= 15 is 0 Å². The zero-order valence-electron chi connectivity index (χ0n) is 19.4. The SMILES string of the molecule is CCOc1ccc(-n2c(C)cc(/C=C3/C(=N)N4N=C(N5CCOCC5)SC4=NC3=O)c2C)cc1. The Labute approximate surface area is 202 Å². The van der Waals surface area contributed by atoms with Gasteiger partial charge in [-0.15, -0.1) is 5.10 Å². The van der Waals surface area contributed by atoms with Crippen molar-refractivity contribution in [3.05, 3.63) is 52.9 Å². The number of nitrogens with one attached hydrogen (secondary N) is 1. The number of aliphatic imine (C=N–C) groups is 1. The van der Waals surface area contributed by atoms with Gasteiger partial charge >= 0.3 is 0 Å². The summed E-state index contributed by atoms with van der Waals surface area (Å²) in [6, 6.07) is 9.92. The number of hydrogen-bond acceptors (Lipinski definition) is 7. The lowest BCUT2D eigenvalue weighted by molar-refractivity contribution is -0.114. The lowest BCUT2D eigenvalue weighted by Gasteiger charge is -2.26. The van der Waals surface area contributed by atoms with E-state index in [0.717, 1.165) is 46.6 Å². The minimum absolute atomic E-state index is 0.0385. The smallest absolute Gasteiger partial charge is 0.283 e. The van der Waals surface area contributed by atoms with Gasteiger partial charge in [-0.25, -0.2) is 0 Å². The molecule has 0 bridgehead atoms. The van der Waals surface area contributed by atoms with Crippen LogP contribution in [0.3, 0.4) is 0 Å². The summed E-state index contributed by atoms with van der Waals surface area (Å²) in [4.78, 5) is 19.2. The summed E-state index contributed by atoms with van der Waals surface area (Å²) >= 11 is 1.32. The third-order valence-corrected chi connectivity index (χ3v) is 6.87. The first-order chi connectivity index (χ1) is 16.5. The molecule has 1 N–H and O–H groups in total. The Bertz CT molecular complexity index is 1240. The van der Waals surface area contributed by atoms with E-state index in [1.807, 2.05) is 51.1 Å². The van der Waals surface area contributed by atoms with Crippen LogP contribution in [0, 0.1) is 19.3 Å². The van der Waals surface area contributed by atoms with E-state index in [-0.39, 0.29) is 11.4 Å². The van der Waals surface area contributed by atoms with Crippen LogP contribution < -0.4 is 4.74 Å². The molecule has 1 saturated heterocycles. The van der Waals surface area contributed by atoms with Gasteiger partial charge in [0.2, 0.25) is 5.17 Å². The maximum atomic E-state index is 12.9. The molecular formula is C24H26N6O3S. The van der Waals surface area contributed by atoms with Gasteiger partial charge in [-0.3, -0.25) is 10.2 Å². The van der Waals surface area contributed by atoms with E-state index in [4.69, 9.17) is 14.9 Å². The molecule has 5 rings (SSSR count). The lowest BCUT2D eigenvalue weighted by Crippen LogP contribution is -2.39. The van der Waals surface area contributed by atoms with Crippen molar-refractivity contribution in [1.82, 2.24) is 14.5 Å². The number of ether oxygens (including phenoxy) is 2. The number of aryl methyl sites for hydroxylation is 1. The molecule has 1 amide bonds. The molecule has 176 valence electrons. The summed E-state index contributed by atoms with van der Waals surface area (Å²) in [5.41, 5.74) is 4.09. The predicted octanol–water partition coefficient (Wildman–Crippen LogP) is 3.40. The number of morpholine rings is 1. The first kappa shape index (κ1) is 22.4. The van der Waals surface area contributed by atoms with E-state index < -0.39 is 5.91 Å². The minimum atomic E-state index is -0.423. The Morgan fingerprint density at radius 2 is 1.91 bits per heavy atom. The first-order valence-electron chi connectivity index (χ1n) is 11.2. The molecule has 3 aliphatic heterocycles. The molecule has 0 atom stereocenters. The van der Waals surface area contributed by atoms with Crippen LogP contribution in [0.2, 0.25) is 0 Å². The molecule has 34 heavy (non-hydrogen) atoms. The summed E-state index contributed by atoms with van der Waals surface area (Å²) in [5.74, 6) is 0.441. The normalized spacial score (nSPS) is 19.4. The summed E-state index contributed by atoms with van der Waals surface area (Å²) in [6.45, 7) is 9.34. The molecule has 4 heterocycles. The highest BCUT2D eigenvalue weighted by Gasteiger charge is 2.37. The third-order valence-electron chi connectivity index (χ3n) is 5.90. The Hall–Kier alpha value is -3.37. The number of carbonyl (C=O) groups is 1. The second kappa shape index (κ2) is 9.11. The molecule has 1 fully saturated rings. The number of aromatic nitrogens is 1. The fraction of sp³-hybridized carbons (Fsp3) is 0.333. The molecule has 0 saturated carbocycles. The third kappa shape index (κ3) is 4.03. The van der Waals surface area contributed by atoms with Gasteiger partial charge in [-0.1, -0.05) is 0 Å². The molecule has 3 aliphatic rings. The molecule has 10 heteroatoms. The molecule has 1 aromatic carbocycles. The summed E-state index contributed by atoms with van der Waals surface area (Å²) in [5, 5.41) is 15.9. The van der Waals surface area contributed by atoms with Crippen molar-refractivity contribution in [2.24, 2.45) is 10.1 Å². The van der Waals surface area contributed by atoms with Gasteiger partial charge in [0.05, 0.1) is 25.4 Å². The van der Waals surface area contributed by atoms with Crippen LogP contribution in [-0.4, -0.2) is 69.5 Å². The molecule has 0 unspecified atom stereocenters. The number of rotatable bonds is 4. The van der Waals surface area contributed by atoms with Gasteiger partial charge in [0.1, 0.15) is 5.75 Å². The molecule has 0 spiro atoms. The first-order valence-corrected chi connectivity index (χ1v) is 12.0. The number of carbonyl (C=O) groups excluding carboxylic acids is 1. The molecule has 0 aliphatic carbocycles. The second-order valence-corrected chi connectivity index (χ2v) is 9.03. The highest BCUT2D eigenvalue weighted by atomic mass is 32.2. The van der Waals surface area contributed by atoms with Crippen molar-refractivity contribution in [2.45, 2.75) is 20.8 Å². The van der Waals surface area contributed by atoms with Gasteiger partial charge in [-0.05, 0) is 74.5 Å². The van der Waals surface area contributed by atoms with E-state index in [1.165, 1.54) is 16.8 Å². The Morgan fingerprint density at radius 1 is 1.18 bits per heavy atom. The van der Waals surface area contributed by atoms with Crippen LogP contribution in [0.15, 0.2) is 46.0 Å². The minimum Gasteiger partial charge on any atom is -0.494 e. The number of hydrazone groups is 1. The van der Waals surface area contributed by atoms with Crippen LogP contribution in [-0.2, 0) is 9.53 Å². The van der Waals surface area contributed by atoms with Crippen molar-refractivity contribution in [1.29, 1.82) is 5.41 Å². The van der Waals surface area contributed by atoms with Gasteiger partial charge in [0.25, 0.3) is 5.91 Å². The lowest BCUT2D eigenvalue weighted by atomic mass is 10.1. The average Bonchev–Trinajstić information content (AvgIpc) is 3.38. The van der Waals surface area contributed by atoms with Crippen molar-refractivity contribution >= 4 is 39.9 Å². The van der Waals surface area contributed by atoms with Crippen molar-refractivity contribution < 1.29 is 14.3 Å². The fourth-order valence-electron chi connectivity index (χ4n) is 4.21. The maximum Gasteiger partial charge on any atom is 0.283 e. The van der Waals surface area contributed by atoms with Gasteiger partial charge < -0.3 is 18.9 Å². The fourth-order valence-corrected chi connectivity index (χ4v) is 5.15. The van der Waals surface area contributed by atoms with Crippen molar-refractivity contribution in [3.63, 3.8) is 0 Å². The van der Waals surface area contributed by atoms with E-state index in [9.17, 15) is 4.79 Å². The van der Waals surface area contributed by atoms with Crippen LogP contribution in [0.4, 0.5) is 0 Å². The highest BCUT2D eigenvalue weighted by Crippen LogP contribution is 2.31. The second-order valence-electron chi connectivity index (χ2n) is 8.09. The summed E-state index contributed by atoms with van der Waals surface area (Å²) < 4.78 is 13.1. The number of amidine groups is 3. The van der Waals surface area contributed by atoms with E-state index in [2.05, 4.69) is 19.6 Å². The van der Waals surface area contributed by atoms with E-state index in [0.29, 0.717) is 25.0 Å². The van der Waals surface area contributed by atoms with Crippen molar-refractivity contribution in [3.8, 4) is 11.4 Å². The standard InChI is InChI=1S/C24H26N6O3S/c1-4-33-19-7-5-18(6-8-19)29-15(2)13-17(16(29)3)14-20-21(25)30-23(26-22(20)31)34-24(27-30)28-9-11-32-12-10-28/h5-8,13-14,25H,4,9-12H2,1-3H3/b20-14-,25-21?. The largest absolute Gasteiger partial charge is 0.494 e. The van der Waals surface area contributed by atoms with Crippen LogP contribution in [0.5, 0.6) is 5.75 Å². The zero-order chi connectivity index (χ0) is 23.8. The van der Waals surface area contributed by atoms with Crippen LogP contribution in [0.1, 0.15) is 23.9 Å². The average molecular weight is 479 g/mol. The number of fused-ring (bicyclic) bond motifs is 1. The van der Waals surface area contributed by atoms with Gasteiger partial charge in [-0.2, -0.15) is 10.0 Å². The van der Waals surface area contributed by atoms with E-state index in [1.54, 1.807) is 6.08 Å². The van der Waals surface area contributed by atoms with Crippen LogP contribution >= 0.6 is 11.8 Å². The van der Waals surface area contributed by atoms with Gasteiger partial charge in [0.15, 0.2) is 11.0 Å². The zero-order valence-corrected chi connectivity index (χ0v) is 20.2. The number of nitrogens with zero attached hydrogens (tertiary/aromatic N) is 5. The predicted molar refractivity (Wildman–Crippen MR) is 134 cm³/mol. The van der Waals surface area contributed by atoms with Crippen LogP contribution in [0.25, 0.3) is 11.8 Å². The Morgan fingerprint density at radius 3 is 2.62 bits per heavy atom. The molecule has 2 aromatic rings. The molecule has 1 aromatic heterocycles. The number of amides is 1. The number of benzene rings is 1. The topological polar surface area (TPSA) is 95.5 Å². The Kier molecular flexibility index (Phi) is 6.01.